The number of aliphatic hydroxyl groups is 1. The lowest BCUT2D eigenvalue weighted by Crippen LogP contribution is -2.61. The Hall–Kier alpha value is -5.38. The topological polar surface area (TPSA) is 180 Å². The van der Waals surface area contributed by atoms with Gasteiger partial charge < -0.3 is 30.6 Å². The van der Waals surface area contributed by atoms with E-state index in [1.807, 2.05) is 106 Å². The molecule has 4 aromatic rings. The van der Waals surface area contributed by atoms with Crippen LogP contribution < -0.4 is 16.1 Å². The van der Waals surface area contributed by atoms with Gasteiger partial charge in [-0.3, -0.25) is 20.0 Å². The molecule has 5 rings (SSSR count). The molecule has 5 N–H and O–H groups in total. The van der Waals surface area contributed by atoms with Gasteiger partial charge in [-0.05, 0) is 47.4 Å². The number of hydrogen-bond acceptors (Lipinski definition) is 9. The summed E-state index contributed by atoms with van der Waals surface area (Å²) in [6, 6.07) is 19.6. The number of hydrazine groups is 1. The molecule has 1 unspecified atom stereocenters. The van der Waals surface area contributed by atoms with E-state index in [1.54, 1.807) is 41.8 Å². The minimum Gasteiger partial charge on any atom is -0.465 e. The van der Waals surface area contributed by atoms with Gasteiger partial charge in [-0.15, -0.1) is 11.3 Å². The van der Waals surface area contributed by atoms with E-state index >= 15 is 0 Å². The van der Waals surface area contributed by atoms with Crippen molar-refractivity contribution in [3.05, 3.63) is 106 Å². The van der Waals surface area contributed by atoms with Gasteiger partial charge in [0.15, 0.2) is 0 Å². The summed E-state index contributed by atoms with van der Waals surface area (Å²) < 4.78 is 0. The summed E-state index contributed by atoms with van der Waals surface area (Å²) in [4.78, 5) is 66.2. The van der Waals surface area contributed by atoms with Gasteiger partial charge in [0.25, 0.3) is 5.91 Å². The predicted octanol–water partition coefficient (Wildman–Crippen LogP) is 5.47. The van der Waals surface area contributed by atoms with Gasteiger partial charge in [0.05, 0.1) is 35.1 Å². The number of carbonyl (C=O) groups is 4. The molecule has 0 bridgehead atoms. The zero-order valence-corrected chi connectivity index (χ0v) is 35.1. The van der Waals surface area contributed by atoms with E-state index in [0.29, 0.717) is 19.6 Å². The van der Waals surface area contributed by atoms with Gasteiger partial charge >= 0.3 is 12.1 Å². The molecule has 1 fully saturated rings. The number of carbonyl (C=O) groups excluding carboxylic acids is 3. The van der Waals surface area contributed by atoms with Crippen LogP contribution in [0.25, 0.3) is 11.3 Å². The fraction of sp³-hybridized carbons (Fsp3) is 0.442. The van der Waals surface area contributed by atoms with Gasteiger partial charge in [-0.2, -0.15) is 0 Å². The molecule has 4 atom stereocenters. The van der Waals surface area contributed by atoms with E-state index in [9.17, 15) is 29.4 Å². The van der Waals surface area contributed by atoms with E-state index in [2.05, 4.69) is 26.0 Å². The molecule has 1 aliphatic heterocycles. The molecule has 0 radical (unpaired) electrons. The number of nitrogens with zero attached hydrogens (tertiary/aromatic N) is 5. The van der Waals surface area contributed by atoms with Crippen molar-refractivity contribution >= 4 is 35.3 Å². The Labute approximate surface area is 344 Å². The maximum absolute atomic E-state index is 14.5. The van der Waals surface area contributed by atoms with Gasteiger partial charge in [0.1, 0.15) is 12.1 Å². The van der Waals surface area contributed by atoms with Crippen molar-refractivity contribution in [2.45, 2.75) is 92.2 Å². The minimum atomic E-state index is -1.34. The Bertz CT molecular complexity index is 2000. The van der Waals surface area contributed by atoms with Crippen LogP contribution in [0.5, 0.6) is 0 Å². The SMILES string of the molecule is Cc1nc(CN2CCN([C@H](C(=O)N[C@@H](Cc3ccccc3)[C@@H](O)CN(Cc3ccc(-c4ccccn4)cc3)NC(=O)C(NC(=O)O)C(C)(C)C)C(C)(C)C)C2=O)cs1. The lowest BCUT2D eigenvalue weighted by Gasteiger charge is -2.38. The molecule has 15 heteroatoms. The monoisotopic (exact) mass is 812 g/mol. The number of aliphatic hydroxyl groups excluding tert-OH is 1. The maximum Gasteiger partial charge on any atom is 0.405 e. The molecule has 5 amide bonds. The second-order valence-electron chi connectivity index (χ2n) is 16.9. The van der Waals surface area contributed by atoms with Gasteiger partial charge in [-0.1, -0.05) is 102 Å². The van der Waals surface area contributed by atoms with Gasteiger partial charge in [-0.25, -0.2) is 19.6 Å². The Morgan fingerprint density at radius 1 is 0.879 bits per heavy atom. The van der Waals surface area contributed by atoms with Crippen molar-refractivity contribution in [2.24, 2.45) is 10.8 Å². The van der Waals surface area contributed by atoms with Crippen LogP contribution in [0.1, 0.15) is 63.4 Å². The van der Waals surface area contributed by atoms with Crippen LogP contribution in [0.3, 0.4) is 0 Å². The summed E-state index contributed by atoms with van der Waals surface area (Å²) in [6.07, 6.45) is -0.615. The van der Waals surface area contributed by atoms with E-state index < -0.39 is 53.0 Å². The molecule has 58 heavy (non-hydrogen) atoms. The third kappa shape index (κ3) is 11.8. The fourth-order valence-corrected chi connectivity index (χ4v) is 7.74. The van der Waals surface area contributed by atoms with E-state index in [-0.39, 0.29) is 25.5 Å². The number of thiazole rings is 1. The Kier molecular flexibility index (Phi) is 14.3. The fourth-order valence-electron chi connectivity index (χ4n) is 7.14. The standard InChI is InChI=1S/C43H56N8O6S/c1-28-45-32(27-58-28)25-49-21-22-51(41(49)57)37(43(5,6)7)39(54)46-34(23-29-13-9-8-10-14-29)35(52)26-50(48-38(53)36(42(2,3)4)47-40(55)56)24-30-16-18-31(19-17-30)33-15-11-12-20-44-33/h8-20,27,34-37,47,52H,21-26H2,1-7H3,(H,46,54)(H,48,53)(H,55,56)/t34-,35-,36?,37+/m0/s1. The number of nitrogens with one attached hydrogen (secondary N) is 3. The van der Waals surface area contributed by atoms with Crippen molar-refractivity contribution in [1.29, 1.82) is 0 Å². The highest BCUT2D eigenvalue weighted by Gasteiger charge is 2.44. The number of carboxylic acid groups (broad SMARTS) is 1. The van der Waals surface area contributed by atoms with Crippen LogP contribution in [0.4, 0.5) is 9.59 Å². The van der Waals surface area contributed by atoms with Crippen molar-refractivity contribution in [1.82, 2.24) is 40.8 Å². The number of aromatic nitrogens is 2. The summed E-state index contributed by atoms with van der Waals surface area (Å²) in [5, 5.41) is 31.5. The second-order valence-corrected chi connectivity index (χ2v) is 18.0. The van der Waals surface area contributed by atoms with Crippen LogP contribution in [-0.2, 0) is 29.1 Å². The Balaban J connectivity index is 1.41. The Morgan fingerprint density at radius 3 is 2.16 bits per heavy atom. The smallest absolute Gasteiger partial charge is 0.405 e. The molecule has 0 saturated carbocycles. The third-order valence-electron chi connectivity index (χ3n) is 9.98. The van der Waals surface area contributed by atoms with Crippen molar-refractivity contribution < 1.29 is 29.4 Å². The maximum atomic E-state index is 14.5. The minimum absolute atomic E-state index is 0.140. The molecule has 1 aliphatic rings. The average molecular weight is 813 g/mol. The summed E-state index contributed by atoms with van der Waals surface area (Å²) >= 11 is 1.52. The lowest BCUT2D eigenvalue weighted by atomic mass is 9.84. The largest absolute Gasteiger partial charge is 0.465 e. The number of aryl methyl sites for hydroxylation is 1. The lowest BCUT2D eigenvalue weighted by molar-refractivity contribution is -0.133. The van der Waals surface area contributed by atoms with Crippen molar-refractivity contribution in [3.63, 3.8) is 0 Å². The zero-order valence-electron chi connectivity index (χ0n) is 34.3. The molecule has 0 aliphatic carbocycles. The van der Waals surface area contributed by atoms with E-state index in [1.165, 1.54) is 11.3 Å². The third-order valence-corrected chi connectivity index (χ3v) is 10.8. The molecular formula is C43H56N8O6S. The summed E-state index contributed by atoms with van der Waals surface area (Å²) in [7, 11) is 0. The second kappa shape index (κ2) is 18.9. The first-order valence-electron chi connectivity index (χ1n) is 19.4. The Morgan fingerprint density at radius 2 is 1.57 bits per heavy atom. The summed E-state index contributed by atoms with van der Waals surface area (Å²) in [5.74, 6) is -1.01. The number of benzene rings is 2. The molecule has 14 nitrogen and oxygen atoms in total. The van der Waals surface area contributed by atoms with Crippen LogP contribution in [0, 0.1) is 17.8 Å². The molecule has 1 saturated heterocycles. The van der Waals surface area contributed by atoms with Crippen LogP contribution in [0.15, 0.2) is 84.4 Å². The molecular weight excluding hydrogens is 757 g/mol. The predicted molar refractivity (Wildman–Crippen MR) is 223 cm³/mol. The number of amides is 5. The van der Waals surface area contributed by atoms with E-state index in [4.69, 9.17) is 0 Å². The highest BCUT2D eigenvalue weighted by Crippen LogP contribution is 2.29. The average Bonchev–Trinajstić information content (AvgIpc) is 3.73. The summed E-state index contributed by atoms with van der Waals surface area (Å²) in [5.41, 5.74) is 5.57. The number of pyridine rings is 1. The number of urea groups is 1. The van der Waals surface area contributed by atoms with E-state index in [0.717, 1.165) is 33.1 Å². The highest BCUT2D eigenvalue weighted by molar-refractivity contribution is 7.09. The quantitative estimate of drug-likeness (QED) is 0.0918. The van der Waals surface area contributed by atoms with Crippen molar-refractivity contribution in [3.8, 4) is 11.3 Å². The summed E-state index contributed by atoms with van der Waals surface area (Å²) in [6.45, 7) is 14.0. The molecule has 310 valence electrons. The first-order chi connectivity index (χ1) is 27.4. The van der Waals surface area contributed by atoms with Gasteiger partial charge in [0, 0.05) is 43.3 Å². The first-order valence-corrected chi connectivity index (χ1v) is 20.3. The van der Waals surface area contributed by atoms with Crippen LogP contribution in [0.2, 0.25) is 0 Å². The van der Waals surface area contributed by atoms with Crippen LogP contribution >= 0.6 is 11.3 Å². The first kappa shape index (κ1) is 43.7. The zero-order chi connectivity index (χ0) is 42.2. The molecule has 3 heterocycles. The van der Waals surface area contributed by atoms with Crippen LogP contribution in [-0.4, -0.2) is 103 Å². The molecule has 2 aromatic heterocycles. The van der Waals surface area contributed by atoms with Crippen molar-refractivity contribution in [2.75, 3.05) is 19.6 Å². The number of hydrogen-bond donors (Lipinski definition) is 5. The van der Waals surface area contributed by atoms with Gasteiger partial charge in [0.2, 0.25) is 5.91 Å². The number of rotatable bonds is 16. The molecule has 0 spiro atoms. The highest BCUT2D eigenvalue weighted by atomic mass is 32.1. The normalized spacial score (nSPS) is 15.5. The molecule has 2 aromatic carbocycles.